The molecular formula is C17H15F3N2O2. The highest BCUT2D eigenvalue weighted by Gasteiger charge is 2.33. The number of fused-ring (bicyclic) bond motifs is 1. The zero-order chi connectivity index (χ0) is 17.5. The second kappa shape index (κ2) is 5.81. The average molecular weight is 336 g/mol. The summed E-state index contributed by atoms with van der Waals surface area (Å²) in [4.78, 5) is 18.2. The summed E-state index contributed by atoms with van der Waals surface area (Å²) in [5.74, 6) is -0.341. The van der Waals surface area contributed by atoms with E-state index in [4.69, 9.17) is 0 Å². The van der Waals surface area contributed by atoms with Crippen molar-refractivity contribution in [2.45, 2.75) is 32.8 Å². The Kier molecular flexibility index (Phi) is 3.95. The molecule has 1 atom stereocenters. The van der Waals surface area contributed by atoms with Crippen LogP contribution in [-0.4, -0.2) is 22.2 Å². The summed E-state index contributed by atoms with van der Waals surface area (Å²) in [6.07, 6.45) is -1.50. The number of carbonyl (C=O) groups is 1. The summed E-state index contributed by atoms with van der Waals surface area (Å²) < 4.78 is 41.0. The van der Waals surface area contributed by atoms with Crippen LogP contribution in [0, 0.1) is 6.92 Å². The second-order valence-corrected chi connectivity index (χ2v) is 5.71. The van der Waals surface area contributed by atoms with Gasteiger partial charge >= 0.3 is 6.36 Å². The molecule has 1 aromatic heterocycles. The Morgan fingerprint density at radius 3 is 2.67 bits per heavy atom. The van der Waals surface area contributed by atoms with Gasteiger partial charge in [0.15, 0.2) is 0 Å². The Morgan fingerprint density at radius 2 is 2.04 bits per heavy atom. The quantitative estimate of drug-likeness (QED) is 0.851. The fraction of sp³-hybridized carbons (Fsp3) is 0.294. The molecule has 2 aromatic rings. The van der Waals surface area contributed by atoms with Crippen LogP contribution in [0.1, 0.15) is 40.0 Å². The maximum Gasteiger partial charge on any atom is 0.573 e. The molecule has 7 heteroatoms. The summed E-state index contributed by atoms with van der Waals surface area (Å²) in [7, 11) is 0. The predicted octanol–water partition coefficient (Wildman–Crippen LogP) is 4.01. The standard InChI is InChI=1S/C17H15F3N2O2/c1-10-7-12(3-4-15(10)24-17(18,19)20)11(2)22-9-13-8-21-6-5-14(13)16(22)23/h3-8,11H,9H2,1-2H3. The highest BCUT2D eigenvalue weighted by atomic mass is 19.4. The largest absolute Gasteiger partial charge is 0.573 e. The molecule has 0 spiro atoms. The van der Waals surface area contributed by atoms with Gasteiger partial charge in [-0.1, -0.05) is 12.1 Å². The first-order valence-electron chi connectivity index (χ1n) is 7.36. The third-order valence-corrected chi connectivity index (χ3v) is 4.11. The normalized spacial score (nSPS) is 15.4. The van der Waals surface area contributed by atoms with Crippen LogP contribution in [0.3, 0.4) is 0 Å². The van der Waals surface area contributed by atoms with Crippen molar-refractivity contribution in [3.63, 3.8) is 0 Å². The zero-order valence-electron chi connectivity index (χ0n) is 13.1. The number of benzene rings is 1. The van der Waals surface area contributed by atoms with E-state index < -0.39 is 6.36 Å². The second-order valence-electron chi connectivity index (χ2n) is 5.71. The maximum atomic E-state index is 12.5. The minimum Gasteiger partial charge on any atom is -0.406 e. The first kappa shape index (κ1) is 16.3. The monoisotopic (exact) mass is 336 g/mol. The molecular weight excluding hydrogens is 321 g/mol. The first-order valence-corrected chi connectivity index (χ1v) is 7.36. The van der Waals surface area contributed by atoms with Crippen LogP contribution in [0.4, 0.5) is 13.2 Å². The molecule has 0 bridgehead atoms. The molecule has 4 nitrogen and oxygen atoms in total. The van der Waals surface area contributed by atoms with Gasteiger partial charge in [0, 0.05) is 30.1 Å². The number of halogens is 3. The number of hydrogen-bond acceptors (Lipinski definition) is 3. The van der Waals surface area contributed by atoms with Crippen molar-refractivity contribution in [1.82, 2.24) is 9.88 Å². The number of aryl methyl sites for hydroxylation is 1. The van der Waals surface area contributed by atoms with E-state index in [0.717, 1.165) is 11.1 Å². The van der Waals surface area contributed by atoms with Gasteiger partial charge in [-0.3, -0.25) is 9.78 Å². The van der Waals surface area contributed by atoms with Crippen LogP contribution in [0.2, 0.25) is 0 Å². The molecule has 126 valence electrons. The molecule has 0 fully saturated rings. The highest BCUT2D eigenvalue weighted by molar-refractivity contribution is 5.98. The number of nitrogens with zero attached hydrogens (tertiary/aromatic N) is 2. The summed E-state index contributed by atoms with van der Waals surface area (Å²) >= 11 is 0. The first-order chi connectivity index (χ1) is 11.3. The van der Waals surface area contributed by atoms with E-state index in [2.05, 4.69) is 9.72 Å². The Hall–Kier alpha value is -2.57. The molecule has 0 radical (unpaired) electrons. The lowest BCUT2D eigenvalue weighted by atomic mass is 10.0. The smallest absolute Gasteiger partial charge is 0.406 e. The number of rotatable bonds is 3. The molecule has 0 saturated heterocycles. The van der Waals surface area contributed by atoms with E-state index >= 15 is 0 Å². The topological polar surface area (TPSA) is 42.4 Å². The van der Waals surface area contributed by atoms with Crippen molar-refractivity contribution in [3.8, 4) is 5.75 Å². The minimum atomic E-state index is -4.72. The summed E-state index contributed by atoms with van der Waals surface area (Å²) in [5, 5.41) is 0. The van der Waals surface area contributed by atoms with Gasteiger partial charge in [0.1, 0.15) is 5.75 Å². The number of alkyl halides is 3. The number of aromatic nitrogens is 1. The van der Waals surface area contributed by atoms with Crippen molar-refractivity contribution < 1.29 is 22.7 Å². The number of ether oxygens (including phenoxy) is 1. The van der Waals surface area contributed by atoms with Gasteiger partial charge in [0.25, 0.3) is 5.91 Å². The predicted molar refractivity (Wildman–Crippen MR) is 80.4 cm³/mol. The van der Waals surface area contributed by atoms with Crippen LogP contribution in [-0.2, 0) is 6.54 Å². The number of hydrogen-bond donors (Lipinski definition) is 0. The van der Waals surface area contributed by atoms with Crippen molar-refractivity contribution in [2.75, 3.05) is 0 Å². The van der Waals surface area contributed by atoms with E-state index in [1.54, 1.807) is 42.4 Å². The van der Waals surface area contributed by atoms with E-state index in [1.807, 2.05) is 6.92 Å². The Balaban J connectivity index is 1.83. The molecule has 1 amide bonds. The zero-order valence-corrected chi connectivity index (χ0v) is 13.1. The van der Waals surface area contributed by atoms with Gasteiger partial charge in [0.2, 0.25) is 0 Å². The number of carbonyl (C=O) groups excluding carboxylic acids is 1. The number of amides is 1. The van der Waals surface area contributed by atoms with Gasteiger partial charge in [-0.2, -0.15) is 0 Å². The molecule has 1 unspecified atom stereocenters. The Bertz CT molecular complexity index is 790. The number of pyridine rings is 1. The van der Waals surface area contributed by atoms with Gasteiger partial charge in [-0.05, 0) is 37.1 Å². The van der Waals surface area contributed by atoms with Crippen LogP contribution < -0.4 is 4.74 Å². The van der Waals surface area contributed by atoms with Crippen molar-refractivity contribution in [1.29, 1.82) is 0 Å². The van der Waals surface area contributed by atoms with Gasteiger partial charge < -0.3 is 9.64 Å². The van der Waals surface area contributed by atoms with Crippen LogP contribution >= 0.6 is 0 Å². The molecule has 0 N–H and O–H groups in total. The highest BCUT2D eigenvalue weighted by Crippen LogP contribution is 2.33. The van der Waals surface area contributed by atoms with E-state index in [0.29, 0.717) is 17.7 Å². The fourth-order valence-electron chi connectivity index (χ4n) is 2.84. The van der Waals surface area contributed by atoms with E-state index in [9.17, 15) is 18.0 Å². The third-order valence-electron chi connectivity index (χ3n) is 4.11. The lowest BCUT2D eigenvalue weighted by Crippen LogP contribution is -2.27. The molecule has 1 aliphatic rings. The minimum absolute atomic E-state index is 0.104. The molecule has 3 rings (SSSR count). The SMILES string of the molecule is Cc1cc(C(C)N2Cc3cnccc3C2=O)ccc1OC(F)(F)F. The summed E-state index contributed by atoms with van der Waals surface area (Å²) in [5.41, 5.74) is 2.58. The van der Waals surface area contributed by atoms with E-state index in [-0.39, 0.29) is 17.7 Å². The Morgan fingerprint density at radius 1 is 1.29 bits per heavy atom. The molecule has 1 aromatic carbocycles. The lowest BCUT2D eigenvalue weighted by molar-refractivity contribution is -0.274. The van der Waals surface area contributed by atoms with Gasteiger partial charge in [0.05, 0.1) is 6.04 Å². The van der Waals surface area contributed by atoms with Crippen LogP contribution in [0.15, 0.2) is 36.7 Å². The van der Waals surface area contributed by atoms with Crippen molar-refractivity contribution in [2.24, 2.45) is 0 Å². The lowest BCUT2D eigenvalue weighted by Gasteiger charge is -2.25. The molecule has 1 aliphatic heterocycles. The van der Waals surface area contributed by atoms with Crippen LogP contribution in [0.5, 0.6) is 5.75 Å². The van der Waals surface area contributed by atoms with Gasteiger partial charge in [-0.15, -0.1) is 13.2 Å². The van der Waals surface area contributed by atoms with E-state index in [1.165, 1.54) is 6.07 Å². The third kappa shape index (κ3) is 3.06. The summed E-state index contributed by atoms with van der Waals surface area (Å²) in [6.45, 7) is 3.82. The molecule has 0 saturated carbocycles. The average Bonchev–Trinajstić information content (AvgIpc) is 2.85. The maximum absolute atomic E-state index is 12.5. The van der Waals surface area contributed by atoms with Crippen LogP contribution in [0.25, 0.3) is 0 Å². The van der Waals surface area contributed by atoms with Gasteiger partial charge in [-0.25, -0.2) is 0 Å². The molecule has 0 aliphatic carbocycles. The summed E-state index contributed by atoms with van der Waals surface area (Å²) in [6, 6.07) is 5.84. The Labute approximate surface area is 136 Å². The molecule has 2 heterocycles. The van der Waals surface area contributed by atoms with Crippen molar-refractivity contribution >= 4 is 5.91 Å². The molecule has 24 heavy (non-hydrogen) atoms. The fourth-order valence-corrected chi connectivity index (χ4v) is 2.84. The van der Waals surface area contributed by atoms with Crippen molar-refractivity contribution in [3.05, 3.63) is 58.9 Å².